The number of ether oxygens (including phenoxy) is 1. The number of hydrogen-bond acceptors (Lipinski definition) is 3. The zero-order chi connectivity index (χ0) is 11.1. The molecule has 1 heterocycles. The molecule has 3 nitrogen and oxygen atoms in total. The molecule has 0 aromatic carbocycles. The molecule has 0 radical (unpaired) electrons. The maximum absolute atomic E-state index is 11.9. The zero-order valence-corrected chi connectivity index (χ0v) is 11.2. The van der Waals surface area contributed by atoms with Crippen LogP contribution in [-0.4, -0.2) is 24.2 Å². The molecule has 1 aliphatic heterocycles. The first-order chi connectivity index (χ1) is 6.93. The van der Waals surface area contributed by atoms with Crippen molar-refractivity contribution in [2.24, 2.45) is 5.41 Å². The van der Waals surface area contributed by atoms with E-state index < -0.39 is 0 Å². The van der Waals surface area contributed by atoms with Gasteiger partial charge in [0.25, 0.3) is 0 Å². The van der Waals surface area contributed by atoms with Gasteiger partial charge in [0, 0.05) is 12.0 Å². The van der Waals surface area contributed by atoms with Gasteiger partial charge in [-0.3, -0.25) is 4.79 Å². The van der Waals surface area contributed by atoms with E-state index in [1.165, 1.54) is 25.7 Å². The van der Waals surface area contributed by atoms with Crippen LogP contribution in [-0.2, 0) is 9.53 Å². The SMILES string of the molecule is CC(C)(C)OC(=O)C1NCC12CCCC2.Cl. The van der Waals surface area contributed by atoms with Crippen molar-refractivity contribution in [2.45, 2.75) is 58.1 Å². The molecule has 0 aromatic rings. The van der Waals surface area contributed by atoms with Crippen LogP contribution in [0.3, 0.4) is 0 Å². The predicted octanol–water partition coefficient (Wildman–Crippen LogP) is 2.28. The van der Waals surface area contributed by atoms with Crippen LogP contribution in [0.25, 0.3) is 0 Å². The van der Waals surface area contributed by atoms with E-state index in [9.17, 15) is 4.79 Å². The molecule has 16 heavy (non-hydrogen) atoms. The molecule has 0 aromatic heterocycles. The molecule has 0 amide bonds. The van der Waals surface area contributed by atoms with Crippen molar-refractivity contribution in [2.75, 3.05) is 6.54 Å². The summed E-state index contributed by atoms with van der Waals surface area (Å²) in [6, 6.07) is -0.0424. The van der Waals surface area contributed by atoms with Crippen molar-refractivity contribution in [1.82, 2.24) is 5.32 Å². The van der Waals surface area contributed by atoms with Crippen LogP contribution in [0, 0.1) is 5.41 Å². The van der Waals surface area contributed by atoms with Crippen molar-refractivity contribution in [3.05, 3.63) is 0 Å². The van der Waals surface area contributed by atoms with E-state index in [0.29, 0.717) is 0 Å². The van der Waals surface area contributed by atoms with E-state index in [4.69, 9.17) is 4.74 Å². The lowest BCUT2D eigenvalue weighted by Gasteiger charge is -2.47. The lowest BCUT2D eigenvalue weighted by atomic mass is 9.72. The third kappa shape index (κ3) is 2.51. The Morgan fingerprint density at radius 1 is 1.31 bits per heavy atom. The fraction of sp³-hybridized carbons (Fsp3) is 0.917. The molecular weight excluding hydrogens is 226 g/mol. The standard InChI is InChI=1S/C12H21NO2.ClH/c1-11(2,3)15-10(14)9-12(8-13-9)6-4-5-7-12;/h9,13H,4-8H2,1-3H3;1H. The molecule has 1 spiro atoms. The largest absolute Gasteiger partial charge is 0.459 e. The summed E-state index contributed by atoms with van der Waals surface area (Å²) in [5.74, 6) is -0.0596. The van der Waals surface area contributed by atoms with Crippen LogP contribution in [0.15, 0.2) is 0 Å². The average molecular weight is 248 g/mol. The van der Waals surface area contributed by atoms with E-state index in [1.54, 1.807) is 0 Å². The minimum Gasteiger partial charge on any atom is -0.459 e. The molecule has 1 aliphatic carbocycles. The van der Waals surface area contributed by atoms with Crippen LogP contribution >= 0.6 is 12.4 Å². The summed E-state index contributed by atoms with van der Waals surface area (Å²) in [5, 5.41) is 3.23. The van der Waals surface area contributed by atoms with Crippen LogP contribution in [0.1, 0.15) is 46.5 Å². The molecule has 1 N–H and O–H groups in total. The molecule has 2 fully saturated rings. The van der Waals surface area contributed by atoms with Gasteiger partial charge in [0.2, 0.25) is 0 Å². The average Bonchev–Trinajstić information content (AvgIpc) is 2.47. The van der Waals surface area contributed by atoms with Gasteiger partial charge < -0.3 is 10.1 Å². The third-order valence-corrected chi connectivity index (χ3v) is 3.51. The summed E-state index contributed by atoms with van der Waals surface area (Å²) in [6.07, 6.45) is 4.90. The molecule has 0 bridgehead atoms. The van der Waals surface area contributed by atoms with Crippen LogP contribution in [0.4, 0.5) is 0 Å². The lowest BCUT2D eigenvalue weighted by Crippen LogP contribution is -2.65. The molecule has 1 saturated heterocycles. The van der Waals surface area contributed by atoms with Gasteiger partial charge in [-0.05, 0) is 33.6 Å². The number of carbonyl (C=O) groups is 1. The van der Waals surface area contributed by atoms with Crippen molar-refractivity contribution in [3.8, 4) is 0 Å². The highest BCUT2D eigenvalue weighted by Gasteiger charge is 2.52. The first-order valence-corrected chi connectivity index (χ1v) is 5.89. The first-order valence-electron chi connectivity index (χ1n) is 5.89. The van der Waals surface area contributed by atoms with E-state index in [-0.39, 0.29) is 35.4 Å². The van der Waals surface area contributed by atoms with Gasteiger partial charge in [-0.1, -0.05) is 12.8 Å². The number of rotatable bonds is 1. The summed E-state index contributed by atoms with van der Waals surface area (Å²) in [5.41, 5.74) is -0.128. The lowest BCUT2D eigenvalue weighted by molar-refractivity contribution is -0.166. The minimum atomic E-state index is -0.367. The van der Waals surface area contributed by atoms with Gasteiger partial charge in [0.05, 0.1) is 0 Å². The fourth-order valence-electron chi connectivity index (χ4n) is 2.73. The predicted molar refractivity (Wildman–Crippen MR) is 65.8 cm³/mol. The fourth-order valence-corrected chi connectivity index (χ4v) is 2.73. The Kier molecular flexibility index (Phi) is 3.91. The Labute approximate surface area is 104 Å². The number of halogens is 1. The van der Waals surface area contributed by atoms with Gasteiger partial charge in [-0.15, -0.1) is 12.4 Å². The Balaban J connectivity index is 0.00000128. The molecule has 1 saturated carbocycles. The highest BCUT2D eigenvalue weighted by molar-refractivity contribution is 5.85. The maximum atomic E-state index is 11.9. The zero-order valence-electron chi connectivity index (χ0n) is 10.3. The summed E-state index contributed by atoms with van der Waals surface area (Å²) in [6.45, 7) is 6.76. The second-order valence-corrected chi connectivity index (χ2v) is 5.92. The number of carbonyl (C=O) groups excluding carboxylic acids is 1. The highest BCUT2D eigenvalue weighted by Crippen LogP contribution is 2.46. The van der Waals surface area contributed by atoms with Gasteiger partial charge in [-0.2, -0.15) is 0 Å². The van der Waals surface area contributed by atoms with Gasteiger partial charge in [-0.25, -0.2) is 0 Å². The van der Waals surface area contributed by atoms with Crippen LogP contribution < -0.4 is 5.32 Å². The van der Waals surface area contributed by atoms with Gasteiger partial charge >= 0.3 is 5.97 Å². The van der Waals surface area contributed by atoms with Crippen LogP contribution in [0.5, 0.6) is 0 Å². The van der Waals surface area contributed by atoms with Gasteiger partial charge in [0.15, 0.2) is 0 Å². The number of hydrogen-bond donors (Lipinski definition) is 1. The third-order valence-electron chi connectivity index (χ3n) is 3.51. The number of nitrogens with one attached hydrogen (secondary N) is 1. The van der Waals surface area contributed by atoms with E-state index in [0.717, 1.165) is 6.54 Å². The van der Waals surface area contributed by atoms with Crippen molar-refractivity contribution in [1.29, 1.82) is 0 Å². The molecular formula is C12H22ClNO2. The Morgan fingerprint density at radius 2 is 1.88 bits per heavy atom. The molecule has 4 heteroatoms. The molecule has 2 rings (SSSR count). The molecule has 2 aliphatic rings. The minimum absolute atomic E-state index is 0. The maximum Gasteiger partial charge on any atom is 0.324 e. The topological polar surface area (TPSA) is 38.3 Å². The quantitative estimate of drug-likeness (QED) is 0.723. The van der Waals surface area contributed by atoms with Crippen molar-refractivity contribution >= 4 is 18.4 Å². The smallest absolute Gasteiger partial charge is 0.324 e. The van der Waals surface area contributed by atoms with Gasteiger partial charge in [0.1, 0.15) is 11.6 Å². The Hall–Kier alpha value is -0.280. The molecule has 1 unspecified atom stereocenters. The summed E-state index contributed by atoms with van der Waals surface area (Å²) >= 11 is 0. The number of esters is 1. The summed E-state index contributed by atoms with van der Waals surface area (Å²) < 4.78 is 5.43. The normalized spacial score (nSPS) is 27.1. The second-order valence-electron chi connectivity index (χ2n) is 5.92. The van der Waals surface area contributed by atoms with Crippen molar-refractivity contribution < 1.29 is 9.53 Å². The van der Waals surface area contributed by atoms with E-state index in [1.807, 2.05) is 20.8 Å². The first kappa shape index (κ1) is 13.8. The molecule has 1 atom stereocenters. The highest BCUT2D eigenvalue weighted by atomic mass is 35.5. The monoisotopic (exact) mass is 247 g/mol. The van der Waals surface area contributed by atoms with Crippen molar-refractivity contribution in [3.63, 3.8) is 0 Å². The Morgan fingerprint density at radius 3 is 2.25 bits per heavy atom. The Bertz CT molecular complexity index is 267. The second kappa shape index (κ2) is 4.53. The van der Waals surface area contributed by atoms with Crippen LogP contribution in [0.2, 0.25) is 0 Å². The molecule has 94 valence electrons. The summed E-state index contributed by atoms with van der Waals surface area (Å²) in [7, 11) is 0. The van der Waals surface area contributed by atoms with E-state index >= 15 is 0 Å². The summed E-state index contributed by atoms with van der Waals surface area (Å²) in [4.78, 5) is 11.9. The van der Waals surface area contributed by atoms with E-state index in [2.05, 4.69) is 5.32 Å².